The maximum Gasteiger partial charge on any atom is 0.265 e. The lowest BCUT2D eigenvalue weighted by Gasteiger charge is -2.13. The van der Waals surface area contributed by atoms with Crippen LogP contribution in [0.25, 0.3) is 0 Å². The molecule has 0 aliphatic rings. The number of pyridine rings is 1. The van der Waals surface area contributed by atoms with Crippen molar-refractivity contribution in [3.63, 3.8) is 0 Å². The molecule has 0 saturated carbocycles. The topological polar surface area (TPSA) is 89.5 Å². The summed E-state index contributed by atoms with van der Waals surface area (Å²) in [7, 11) is -0.950. The van der Waals surface area contributed by atoms with Gasteiger partial charge in [-0.2, -0.15) is 0 Å². The minimum Gasteiger partial charge on any atom is -0.497 e. The third-order valence-electron chi connectivity index (χ3n) is 3.51. The van der Waals surface area contributed by atoms with Crippen LogP contribution in [0.3, 0.4) is 0 Å². The van der Waals surface area contributed by atoms with Crippen LogP contribution in [0.2, 0.25) is 0 Å². The molecule has 0 fully saturated rings. The van der Waals surface area contributed by atoms with E-state index in [-0.39, 0.29) is 10.6 Å². The Kier molecular flexibility index (Phi) is 6.46. The van der Waals surface area contributed by atoms with Gasteiger partial charge in [0.1, 0.15) is 22.2 Å². The van der Waals surface area contributed by atoms with E-state index >= 15 is 0 Å². The highest BCUT2D eigenvalue weighted by atomic mass is 32.2. The number of aromatic nitrogens is 1. The van der Waals surface area contributed by atoms with Gasteiger partial charge in [0.05, 0.1) is 26.1 Å². The summed E-state index contributed by atoms with van der Waals surface area (Å²) in [5, 5.41) is 3.18. The molecule has 7 nitrogen and oxygen atoms in total. The number of hydrogen-bond acceptors (Lipinski definition) is 6. The molecule has 2 aromatic rings. The molecule has 1 heterocycles. The molecule has 0 atom stereocenters. The van der Waals surface area contributed by atoms with Crippen LogP contribution < -0.4 is 19.5 Å². The van der Waals surface area contributed by atoms with Crippen molar-refractivity contribution in [2.75, 3.05) is 30.8 Å². The summed E-state index contributed by atoms with van der Waals surface area (Å²) in [6.07, 6.45) is 3.61. The first kappa shape index (κ1) is 18.9. The van der Waals surface area contributed by atoms with Crippen molar-refractivity contribution in [3.05, 3.63) is 36.5 Å². The Morgan fingerprint density at radius 3 is 2.52 bits per heavy atom. The number of ether oxygens (including phenoxy) is 2. The highest BCUT2D eigenvalue weighted by Gasteiger charge is 2.21. The van der Waals surface area contributed by atoms with Crippen LogP contribution >= 0.6 is 0 Å². The molecule has 1 aromatic carbocycles. The van der Waals surface area contributed by atoms with Gasteiger partial charge in [0.15, 0.2) is 0 Å². The molecule has 8 heteroatoms. The van der Waals surface area contributed by atoms with Gasteiger partial charge in [-0.3, -0.25) is 4.72 Å². The standard InChI is InChI=1S/C17H23N3O4S/c1-4-5-10-18-17-9-6-13(12-19-17)20-25(21,22)16-11-14(23-2)7-8-15(16)24-3/h6-9,11-12,20H,4-5,10H2,1-3H3,(H,18,19). The van der Waals surface area contributed by atoms with Crippen LogP contribution in [0.5, 0.6) is 11.5 Å². The fourth-order valence-electron chi connectivity index (χ4n) is 2.16. The summed E-state index contributed by atoms with van der Waals surface area (Å²) < 4.78 is 38.0. The SMILES string of the molecule is CCCCNc1ccc(NS(=O)(=O)c2cc(OC)ccc2OC)cn1. The van der Waals surface area contributed by atoms with Crippen molar-refractivity contribution in [1.29, 1.82) is 0 Å². The average Bonchev–Trinajstić information content (AvgIpc) is 2.62. The summed E-state index contributed by atoms with van der Waals surface area (Å²) in [6, 6.07) is 7.99. The van der Waals surface area contributed by atoms with Crippen LogP contribution in [0.4, 0.5) is 11.5 Å². The summed E-state index contributed by atoms with van der Waals surface area (Å²) in [5.74, 6) is 1.37. The average molecular weight is 365 g/mol. The number of nitrogens with zero attached hydrogens (tertiary/aromatic N) is 1. The molecular formula is C17H23N3O4S. The molecule has 0 spiro atoms. The largest absolute Gasteiger partial charge is 0.497 e. The Balaban J connectivity index is 2.18. The number of anilines is 2. The van der Waals surface area contributed by atoms with Crippen molar-refractivity contribution in [2.24, 2.45) is 0 Å². The molecule has 0 unspecified atom stereocenters. The molecule has 0 aliphatic heterocycles. The second kappa shape index (κ2) is 8.57. The maximum atomic E-state index is 12.7. The van der Waals surface area contributed by atoms with Crippen LogP contribution in [0.1, 0.15) is 19.8 Å². The Morgan fingerprint density at radius 1 is 1.12 bits per heavy atom. The normalized spacial score (nSPS) is 11.0. The minimum atomic E-state index is -3.84. The summed E-state index contributed by atoms with van der Waals surface area (Å²) in [6.45, 7) is 2.94. The molecule has 0 radical (unpaired) electrons. The molecule has 2 N–H and O–H groups in total. The molecule has 25 heavy (non-hydrogen) atoms. The summed E-state index contributed by atoms with van der Waals surface area (Å²) in [4.78, 5) is 4.21. The molecular weight excluding hydrogens is 342 g/mol. The first-order valence-corrected chi connectivity index (χ1v) is 9.43. The van der Waals surface area contributed by atoms with Crippen LogP contribution in [-0.4, -0.2) is 34.2 Å². The lowest BCUT2D eigenvalue weighted by Crippen LogP contribution is -2.14. The van der Waals surface area contributed by atoms with E-state index in [1.807, 2.05) is 0 Å². The maximum absolute atomic E-state index is 12.7. The smallest absolute Gasteiger partial charge is 0.265 e. The van der Waals surface area contributed by atoms with Crippen molar-refractivity contribution < 1.29 is 17.9 Å². The molecule has 0 bridgehead atoms. The fraction of sp³-hybridized carbons (Fsp3) is 0.353. The molecule has 0 amide bonds. The van der Waals surface area contributed by atoms with E-state index in [1.54, 1.807) is 24.3 Å². The number of hydrogen-bond donors (Lipinski definition) is 2. The number of sulfonamides is 1. The second-order valence-corrected chi connectivity index (χ2v) is 6.99. The van der Waals surface area contributed by atoms with Crippen molar-refractivity contribution in [2.45, 2.75) is 24.7 Å². The lowest BCUT2D eigenvalue weighted by atomic mass is 10.3. The van der Waals surface area contributed by atoms with Gasteiger partial charge in [-0.15, -0.1) is 0 Å². The number of methoxy groups -OCH3 is 2. The highest BCUT2D eigenvalue weighted by Crippen LogP contribution is 2.29. The van der Waals surface area contributed by atoms with E-state index in [4.69, 9.17) is 9.47 Å². The van der Waals surface area contributed by atoms with E-state index in [0.29, 0.717) is 17.3 Å². The number of unbranched alkanes of at least 4 members (excludes halogenated alkanes) is 1. The van der Waals surface area contributed by atoms with Gasteiger partial charge in [0, 0.05) is 12.6 Å². The van der Waals surface area contributed by atoms with E-state index in [2.05, 4.69) is 21.9 Å². The summed E-state index contributed by atoms with van der Waals surface area (Å²) in [5.41, 5.74) is 0.367. The molecule has 2 rings (SSSR count). The predicted molar refractivity (Wildman–Crippen MR) is 98.0 cm³/mol. The van der Waals surface area contributed by atoms with E-state index < -0.39 is 10.0 Å². The first-order chi connectivity index (χ1) is 12.0. The van der Waals surface area contributed by atoms with Gasteiger partial charge in [0.25, 0.3) is 10.0 Å². The van der Waals surface area contributed by atoms with Gasteiger partial charge in [-0.05, 0) is 30.7 Å². The fourth-order valence-corrected chi connectivity index (χ4v) is 3.38. The Morgan fingerprint density at radius 2 is 1.92 bits per heavy atom. The van der Waals surface area contributed by atoms with Gasteiger partial charge >= 0.3 is 0 Å². The zero-order valence-corrected chi connectivity index (χ0v) is 15.4. The third kappa shape index (κ3) is 4.99. The lowest BCUT2D eigenvalue weighted by molar-refractivity contribution is 0.392. The van der Waals surface area contributed by atoms with Crippen LogP contribution in [-0.2, 0) is 10.0 Å². The Hall–Kier alpha value is -2.48. The molecule has 1 aromatic heterocycles. The summed E-state index contributed by atoms with van der Waals surface area (Å²) >= 11 is 0. The van der Waals surface area contributed by atoms with Gasteiger partial charge in [-0.1, -0.05) is 13.3 Å². The van der Waals surface area contributed by atoms with Crippen molar-refractivity contribution in [1.82, 2.24) is 4.98 Å². The van der Waals surface area contributed by atoms with Gasteiger partial charge in [-0.25, -0.2) is 13.4 Å². The van der Waals surface area contributed by atoms with Gasteiger partial charge < -0.3 is 14.8 Å². The van der Waals surface area contributed by atoms with E-state index in [1.165, 1.54) is 26.5 Å². The second-order valence-electron chi connectivity index (χ2n) is 5.33. The Bertz CT molecular complexity index is 792. The van der Waals surface area contributed by atoms with Gasteiger partial charge in [0.2, 0.25) is 0 Å². The van der Waals surface area contributed by atoms with Crippen LogP contribution in [0.15, 0.2) is 41.4 Å². The van der Waals surface area contributed by atoms with E-state index in [0.717, 1.165) is 19.4 Å². The zero-order valence-electron chi connectivity index (χ0n) is 14.6. The Labute approximate surface area is 148 Å². The number of rotatable bonds is 9. The molecule has 136 valence electrons. The number of benzene rings is 1. The highest BCUT2D eigenvalue weighted by molar-refractivity contribution is 7.92. The number of nitrogens with one attached hydrogen (secondary N) is 2. The third-order valence-corrected chi connectivity index (χ3v) is 4.91. The van der Waals surface area contributed by atoms with Crippen molar-refractivity contribution >= 4 is 21.5 Å². The monoisotopic (exact) mass is 365 g/mol. The quantitative estimate of drug-likeness (QED) is 0.664. The minimum absolute atomic E-state index is 0.000465. The van der Waals surface area contributed by atoms with Crippen molar-refractivity contribution in [3.8, 4) is 11.5 Å². The predicted octanol–water partition coefficient (Wildman–Crippen LogP) is 3.11. The van der Waals surface area contributed by atoms with E-state index in [9.17, 15) is 8.42 Å². The zero-order chi connectivity index (χ0) is 18.3. The first-order valence-electron chi connectivity index (χ1n) is 7.95. The van der Waals surface area contributed by atoms with Crippen LogP contribution in [0, 0.1) is 0 Å². The molecule has 0 saturated heterocycles. The molecule has 0 aliphatic carbocycles.